The van der Waals surface area contributed by atoms with Gasteiger partial charge in [-0.3, -0.25) is 0 Å². The Hall–Kier alpha value is -3.04. The molecule has 1 saturated carbocycles. The molecule has 136 valence electrons. The van der Waals surface area contributed by atoms with Crippen LogP contribution in [0.5, 0.6) is 17.8 Å². The third-order valence-electron chi connectivity index (χ3n) is 4.39. The van der Waals surface area contributed by atoms with E-state index in [1.165, 1.54) is 31.1 Å². The van der Waals surface area contributed by atoms with Crippen LogP contribution < -0.4 is 9.47 Å². The van der Waals surface area contributed by atoms with Crippen LogP contribution in [0.1, 0.15) is 17.9 Å². The summed E-state index contributed by atoms with van der Waals surface area (Å²) in [5.74, 6) is -1.06. The number of aromatic nitrogens is 5. The lowest BCUT2D eigenvalue weighted by Crippen LogP contribution is -2.03. The van der Waals surface area contributed by atoms with Crippen molar-refractivity contribution < 1.29 is 23.4 Å². The predicted octanol–water partition coefficient (Wildman–Crippen LogP) is 2.28. The van der Waals surface area contributed by atoms with E-state index < -0.39 is 12.3 Å². The molecule has 1 N–H and O–H groups in total. The Morgan fingerprint density at radius 1 is 1.27 bits per heavy atom. The number of nitrogens with zero attached hydrogens (tertiary/aromatic N) is 5. The van der Waals surface area contributed by atoms with E-state index >= 15 is 0 Å². The van der Waals surface area contributed by atoms with Crippen LogP contribution in [0.25, 0.3) is 16.9 Å². The van der Waals surface area contributed by atoms with Gasteiger partial charge >= 0.3 is 6.01 Å². The molecule has 10 heteroatoms. The van der Waals surface area contributed by atoms with Crippen LogP contribution in [0.2, 0.25) is 0 Å². The van der Waals surface area contributed by atoms with Crippen LogP contribution in [0.4, 0.5) is 8.78 Å². The van der Waals surface area contributed by atoms with Crippen LogP contribution in [-0.4, -0.2) is 50.3 Å². The number of halogens is 2. The predicted molar refractivity (Wildman–Crippen MR) is 85.6 cm³/mol. The Kier molecular flexibility index (Phi) is 3.82. The number of methoxy groups -OCH3 is 2. The summed E-state index contributed by atoms with van der Waals surface area (Å²) in [4.78, 5) is 12.2. The number of ether oxygens (including phenoxy) is 2. The molecule has 2 atom stereocenters. The number of hydrogen-bond acceptors (Lipinski definition) is 7. The largest absolute Gasteiger partial charge is 0.492 e. The molecule has 0 radical (unpaired) electrons. The van der Waals surface area contributed by atoms with Crippen molar-refractivity contribution in [2.45, 2.75) is 18.8 Å². The molecule has 0 aromatic carbocycles. The van der Waals surface area contributed by atoms with Crippen LogP contribution in [0.3, 0.4) is 0 Å². The first-order valence-corrected chi connectivity index (χ1v) is 7.84. The summed E-state index contributed by atoms with van der Waals surface area (Å²) < 4.78 is 37.7. The van der Waals surface area contributed by atoms with Crippen molar-refractivity contribution in [3.05, 3.63) is 24.0 Å². The molecular weight excluding hydrogens is 348 g/mol. The molecule has 0 bridgehead atoms. The summed E-state index contributed by atoms with van der Waals surface area (Å²) in [6, 6.07) is 1.80. The zero-order chi connectivity index (χ0) is 18.4. The average Bonchev–Trinajstić information content (AvgIpc) is 3.35. The second-order valence-corrected chi connectivity index (χ2v) is 5.97. The Morgan fingerprint density at radius 3 is 2.73 bits per heavy atom. The summed E-state index contributed by atoms with van der Waals surface area (Å²) >= 11 is 0. The van der Waals surface area contributed by atoms with E-state index in [9.17, 15) is 13.9 Å². The molecule has 0 amide bonds. The van der Waals surface area contributed by atoms with Gasteiger partial charge < -0.3 is 14.6 Å². The highest BCUT2D eigenvalue weighted by molar-refractivity contribution is 5.68. The molecule has 1 aliphatic carbocycles. The Labute approximate surface area is 146 Å². The van der Waals surface area contributed by atoms with E-state index in [1.807, 2.05) is 0 Å². The first-order chi connectivity index (χ1) is 12.5. The molecule has 1 fully saturated rings. The van der Waals surface area contributed by atoms with Gasteiger partial charge in [0.15, 0.2) is 5.65 Å². The van der Waals surface area contributed by atoms with Gasteiger partial charge in [-0.05, 0) is 18.4 Å². The SMILES string of the molecule is COc1ncc(-c2cc([C@H]3C[C@@H]3C(F)F)c3nc(O)cn3n2)c(OC)n1. The zero-order valence-corrected chi connectivity index (χ0v) is 13.9. The van der Waals surface area contributed by atoms with Gasteiger partial charge in [-0.15, -0.1) is 0 Å². The lowest BCUT2D eigenvalue weighted by molar-refractivity contribution is 0.120. The molecule has 1 aliphatic rings. The highest BCUT2D eigenvalue weighted by Gasteiger charge is 2.46. The second kappa shape index (κ2) is 6.04. The molecule has 0 spiro atoms. The third-order valence-corrected chi connectivity index (χ3v) is 4.39. The van der Waals surface area contributed by atoms with Crippen molar-refractivity contribution in [2.24, 2.45) is 5.92 Å². The van der Waals surface area contributed by atoms with Gasteiger partial charge in [0.2, 0.25) is 18.2 Å². The zero-order valence-electron chi connectivity index (χ0n) is 13.9. The molecule has 0 aliphatic heterocycles. The van der Waals surface area contributed by atoms with E-state index in [-0.39, 0.29) is 23.7 Å². The number of fused-ring (bicyclic) bond motifs is 1. The summed E-state index contributed by atoms with van der Waals surface area (Å²) in [5, 5.41) is 14.1. The lowest BCUT2D eigenvalue weighted by Gasteiger charge is -2.10. The molecule has 26 heavy (non-hydrogen) atoms. The van der Waals surface area contributed by atoms with E-state index in [2.05, 4.69) is 20.1 Å². The van der Waals surface area contributed by atoms with E-state index in [4.69, 9.17) is 9.47 Å². The number of alkyl halides is 2. The molecule has 3 aromatic heterocycles. The third kappa shape index (κ3) is 2.67. The Morgan fingerprint density at radius 2 is 2.08 bits per heavy atom. The summed E-state index contributed by atoms with van der Waals surface area (Å²) in [6.07, 6.45) is 0.760. The normalized spacial score (nSPS) is 19.1. The molecule has 4 rings (SSSR count). The van der Waals surface area contributed by atoms with E-state index in [0.717, 1.165) is 0 Å². The van der Waals surface area contributed by atoms with Crippen molar-refractivity contribution in [2.75, 3.05) is 14.2 Å². The Bertz CT molecular complexity index is 978. The maximum atomic E-state index is 13.0. The van der Waals surface area contributed by atoms with Crippen LogP contribution >= 0.6 is 0 Å². The van der Waals surface area contributed by atoms with Gasteiger partial charge in [0.05, 0.1) is 31.7 Å². The van der Waals surface area contributed by atoms with Crippen molar-refractivity contribution in [1.29, 1.82) is 0 Å². The minimum Gasteiger partial charge on any atom is -0.492 e. The first kappa shape index (κ1) is 16.4. The topological polar surface area (TPSA) is 94.7 Å². The number of hydrogen-bond donors (Lipinski definition) is 1. The fraction of sp³-hybridized carbons (Fsp3) is 0.375. The maximum Gasteiger partial charge on any atom is 0.319 e. The van der Waals surface area contributed by atoms with Crippen molar-refractivity contribution in [1.82, 2.24) is 24.6 Å². The first-order valence-electron chi connectivity index (χ1n) is 7.84. The molecule has 3 heterocycles. The molecule has 3 aromatic rings. The van der Waals surface area contributed by atoms with E-state index in [0.29, 0.717) is 28.9 Å². The van der Waals surface area contributed by atoms with Crippen LogP contribution in [-0.2, 0) is 0 Å². The standard InChI is InChI=1S/C16H15F2N5O3/c1-25-15-10(5-19-16(21-15)26-2)11-4-9(7-3-8(7)13(17)18)14-20-12(24)6-23(14)22-11/h4-8,13,24H,3H2,1-2H3/t7-,8-/m0/s1. The minimum atomic E-state index is -2.40. The highest BCUT2D eigenvalue weighted by Crippen LogP contribution is 2.52. The van der Waals surface area contributed by atoms with E-state index in [1.54, 1.807) is 6.07 Å². The summed E-state index contributed by atoms with van der Waals surface area (Å²) in [5.41, 5.74) is 1.84. The maximum absolute atomic E-state index is 13.0. The van der Waals surface area contributed by atoms with Crippen molar-refractivity contribution >= 4 is 5.65 Å². The minimum absolute atomic E-state index is 0.132. The lowest BCUT2D eigenvalue weighted by atomic mass is 10.1. The van der Waals surface area contributed by atoms with Gasteiger partial charge in [-0.1, -0.05) is 0 Å². The Balaban J connectivity index is 1.87. The van der Waals surface area contributed by atoms with Gasteiger partial charge in [-0.25, -0.2) is 18.3 Å². The second-order valence-electron chi connectivity index (χ2n) is 5.97. The molecular formula is C16H15F2N5O3. The van der Waals surface area contributed by atoms with Gasteiger partial charge in [-0.2, -0.15) is 15.1 Å². The molecule has 0 saturated heterocycles. The smallest absolute Gasteiger partial charge is 0.319 e. The monoisotopic (exact) mass is 363 g/mol. The fourth-order valence-electron chi connectivity index (χ4n) is 3.02. The van der Waals surface area contributed by atoms with Gasteiger partial charge in [0.25, 0.3) is 0 Å². The average molecular weight is 363 g/mol. The van der Waals surface area contributed by atoms with Crippen LogP contribution in [0, 0.1) is 5.92 Å². The molecule has 8 nitrogen and oxygen atoms in total. The highest BCUT2D eigenvalue weighted by atomic mass is 19.3. The molecule has 0 unspecified atom stereocenters. The van der Waals surface area contributed by atoms with Crippen LogP contribution in [0.15, 0.2) is 18.5 Å². The quantitative estimate of drug-likeness (QED) is 0.743. The fourth-order valence-corrected chi connectivity index (χ4v) is 3.02. The number of imidazole rings is 1. The number of rotatable bonds is 5. The summed E-state index contributed by atoms with van der Waals surface area (Å²) in [7, 11) is 2.88. The van der Waals surface area contributed by atoms with Gasteiger partial charge in [0.1, 0.15) is 0 Å². The summed E-state index contributed by atoms with van der Waals surface area (Å²) in [6.45, 7) is 0. The van der Waals surface area contributed by atoms with Gasteiger partial charge in [0, 0.05) is 17.7 Å². The number of aromatic hydroxyl groups is 1. The van der Waals surface area contributed by atoms with Crippen molar-refractivity contribution in [3.8, 4) is 29.0 Å². The van der Waals surface area contributed by atoms with Crippen molar-refractivity contribution in [3.63, 3.8) is 0 Å².